The van der Waals surface area contributed by atoms with E-state index in [9.17, 15) is 35.9 Å². The van der Waals surface area contributed by atoms with Crippen molar-refractivity contribution in [2.75, 3.05) is 25.6 Å². The van der Waals surface area contributed by atoms with Crippen LogP contribution in [0.2, 0.25) is 25.7 Å². The number of aromatic nitrogens is 4. The monoisotopic (exact) mass is 718 g/mol. The Bertz CT molecular complexity index is 1980. The first-order valence-corrected chi connectivity index (χ1v) is 18.8. The van der Waals surface area contributed by atoms with Crippen LogP contribution in [0.15, 0.2) is 58.5 Å². The van der Waals surface area contributed by atoms with E-state index in [2.05, 4.69) is 35.0 Å². The second-order valence-corrected chi connectivity index (χ2v) is 18.2. The van der Waals surface area contributed by atoms with Crippen LogP contribution >= 0.6 is 0 Å². The molecule has 3 aromatic heterocycles. The third-order valence-corrected chi connectivity index (χ3v) is 9.27. The number of aryl methyl sites for hydroxylation is 1. The summed E-state index contributed by atoms with van der Waals surface area (Å²) in [6.07, 6.45) is -6.96. The van der Waals surface area contributed by atoms with Crippen molar-refractivity contribution < 1.29 is 44.3 Å². The summed E-state index contributed by atoms with van der Waals surface area (Å²) in [4.78, 5) is 29.8. The first-order valence-electron chi connectivity index (χ1n) is 16.6. The van der Waals surface area contributed by atoms with Gasteiger partial charge in [0.1, 0.15) is 18.1 Å². The molecule has 0 radical (unpaired) electrons. The molecule has 9 nitrogen and oxygen atoms in total. The van der Waals surface area contributed by atoms with Crippen LogP contribution in [0.1, 0.15) is 28.1 Å². The van der Waals surface area contributed by atoms with Crippen molar-refractivity contribution in [3.05, 3.63) is 86.6 Å². The summed E-state index contributed by atoms with van der Waals surface area (Å²) in [5.74, 6) is -0.908. The van der Waals surface area contributed by atoms with Crippen molar-refractivity contribution in [1.82, 2.24) is 19.3 Å². The van der Waals surface area contributed by atoms with Crippen molar-refractivity contribution in [3.8, 4) is 11.3 Å². The van der Waals surface area contributed by atoms with Crippen molar-refractivity contribution >= 4 is 24.5 Å². The number of anilines is 1. The Hall–Kier alpha value is -4.09. The minimum absolute atomic E-state index is 0.0364. The number of methoxy groups -OCH3 is 1. The van der Waals surface area contributed by atoms with Gasteiger partial charge in [0.05, 0.1) is 39.2 Å². The third-order valence-electron chi connectivity index (χ3n) is 7.56. The maximum Gasteiger partial charge on any atom is 0.423 e. The highest BCUT2D eigenvalue weighted by Gasteiger charge is 2.39. The predicted octanol–water partition coefficient (Wildman–Crippen LogP) is 7.02. The zero-order valence-electron chi connectivity index (χ0n) is 29.7. The fourth-order valence-electron chi connectivity index (χ4n) is 4.92. The Morgan fingerprint density at radius 1 is 1.02 bits per heavy atom. The van der Waals surface area contributed by atoms with Crippen LogP contribution < -0.4 is 16.4 Å². The van der Waals surface area contributed by atoms with Gasteiger partial charge >= 0.3 is 12.4 Å². The average Bonchev–Trinajstić information content (AvgIpc) is 3.02. The molecule has 0 spiro atoms. The maximum absolute atomic E-state index is 15.1. The molecule has 1 unspecified atom stereocenters. The number of rotatable bonds is 14. The maximum atomic E-state index is 15.1. The number of fused-ring (bicyclic) bond motifs is 1. The van der Waals surface area contributed by atoms with Gasteiger partial charge in [-0.1, -0.05) is 19.6 Å². The molecule has 266 valence electrons. The number of alkyl halides is 6. The molecule has 0 fully saturated rings. The topological polar surface area (TPSA) is 100 Å². The summed E-state index contributed by atoms with van der Waals surface area (Å²) in [6, 6.07) is 5.07. The number of benzene rings is 1. The lowest BCUT2D eigenvalue weighted by molar-refractivity contribution is -0.139. The highest BCUT2D eigenvalue weighted by molar-refractivity contribution is 6.76. The molecule has 4 aromatic rings. The molecule has 0 bridgehead atoms. The molecule has 17 heteroatoms. The summed E-state index contributed by atoms with van der Waals surface area (Å²) in [5.41, 5.74) is -5.58. The van der Waals surface area contributed by atoms with Crippen LogP contribution in [0.25, 0.3) is 22.0 Å². The van der Waals surface area contributed by atoms with Gasteiger partial charge in [-0.2, -0.15) is 31.4 Å². The normalized spacial score (nSPS) is 14.4. The van der Waals surface area contributed by atoms with Gasteiger partial charge in [0, 0.05) is 52.3 Å². The van der Waals surface area contributed by atoms with Gasteiger partial charge in [0.2, 0.25) is 0 Å². The standard InChI is InChI=1S/C32H36F7N5O4Si/c1-47-18-22(42-27-17-41-44(19-48-12-13-49(2,3)4)30(46)28(27)32(37,38)39)6-5-10-43-11-9-20-14-24(25(33)15-23(20)29(43)45)26-8-7-21(16-40-26)31(34,35)36/h7-9,11,14-17,22,42H,5-6,10,12-13,18-19H2,1-4H3/i1D3. The van der Waals surface area contributed by atoms with Crippen LogP contribution in [0.5, 0.6) is 0 Å². The van der Waals surface area contributed by atoms with Gasteiger partial charge < -0.3 is 19.4 Å². The van der Waals surface area contributed by atoms with Crippen molar-refractivity contribution in [1.29, 1.82) is 0 Å². The largest absolute Gasteiger partial charge is 0.423 e. The molecule has 0 saturated carbocycles. The zero-order valence-corrected chi connectivity index (χ0v) is 27.7. The summed E-state index contributed by atoms with van der Waals surface area (Å²) < 4.78 is 130. The molecule has 0 saturated heterocycles. The SMILES string of the molecule is [2H]C([2H])([2H])OCC(CCCn1ccc2cc(-c3ccc(C(F)(F)F)cn3)c(F)cc2c1=O)Nc1cnn(COCC[Si](C)(C)C)c(=O)c1C(F)(F)F. The van der Waals surface area contributed by atoms with E-state index < -0.39 is 80.6 Å². The molecule has 3 heterocycles. The van der Waals surface area contributed by atoms with E-state index in [1.165, 1.54) is 22.9 Å². The highest BCUT2D eigenvalue weighted by Crippen LogP contribution is 2.33. The molecule has 0 amide bonds. The van der Waals surface area contributed by atoms with Crippen molar-refractivity contribution in [2.24, 2.45) is 0 Å². The molecule has 0 aliphatic rings. The van der Waals surface area contributed by atoms with E-state index in [4.69, 9.17) is 13.6 Å². The molecule has 0 aliphatic heterocycles. The lowest BCUT2D eigenvalue weighted by Crippen LogP contribution is -2.35. The first kappa shape index (κ1) is 33.4. The average molecular weight is 719 g/mol. The van der Waals surface area contributed by atoms with Gasteiger partial charge in [-0.05, 0) is 54.6 Å². The van der Waals surface area contributed by atoms with Crippen LogP contribution in [-0.2, 0) is 35.1 Å². The number of nitrogens with one attached hydrogen (secondary N) is 1. The lowest BCUT2D eigenvalue weighted by atomic mass is 10.0. The number of pyridine rings is 2. The minimum atomic E-state index is -5.12. The summed E-state index contributed by atoms with van der Waals surface area (Å²) in [6.45, 7) is 5.34. The summed E-state index contributed by atoms with van der Waals surface area (Å²) >= 11 is 0. The predicted molar refractivity (Wildman–Crippen MR) is 173 cm³/mol. The van der Waals surface area contributed by atoms with E-state index in [0.29, 0.717) is 16.9 Å². The molecular weight excluding hydrogens is 679 g/mol. The van der Waals surface area contributed by atoms with E-state index in [0.717, 1.165) is 24.4 Å². The van der Waals surface area contributed by atoms with Crippen LogP contribution in [0, 0.1) is 5.82 Å². The highest BCUT2D eigenvalue weighted by atomic mass is 28.3. The fourth-order valence-corrected chi connectivity index (χ4v) is 5.67. The van der Waals surface area contributed by atoms with Crippen molar-refractivity contribution in [2.45, 2.75) is 70.2 Å². The molecule has 0 aliphatic carbocycles. The minimum Gasteiger partial charge on any atom is -0.383 e. The van der Waals surface area contributed by atoms with E-state index >= 15 is 4.39 Å². The smallest absolute Gasteiger partial charge is 0.383 e. The molecule has 1 N–H and O–H groups in total. The number of halogens is 7. The van der Waals surface area contributed by atoms with Crippen LogP contribution in [0.4, 0.5) is 36.4 Å². The Morgan fingerprint density at radius 3 is 2.41 bits per heavy atom. The van der Waals surface area contributed by atoms with Gasteiger partial charge in [0.25, 0.3) is 11.1 Å². The summed E-state index contributed by atoms with van der Waals surface area (Å²) in [7, 11) is -4.40. The quantitative estimate of drug-likeness (QED) is 0.0851. The summed E-state index contributed by atoms with van der Waals surface area (Å²) in [5, 5.41) is 6.57. The fraction of sp³-hybridized carbons (Fsp3) is 0.438. The Kier molecular flexibility index (Phi) is 10.4. The first-order chi connectivity index (χ1) is 24.0. The Labute approximate surface area is 281 Å². The third kappa shape index (κ3) is 9.76. The second kappa shape index (κ2) is 15.2. The molecule has 4 rings (SSSR count). The Morgan fingerprint density at radius 2 is 1.78 bits per heavy atom. The number of ether oxygens (including phenoxy) is 2. The van der Waals surface area contributed by atoms with E-state index in [1.54, 1.807) is 0 Å². The number of hydrogen-bond acceptors (Lipinski definition) is 7. The van der Waals surface area contributed by atoms with Gasteiger partial charge in [-0.25, -0.2) is 9.07 Å². The van der Waals surface area contributed by atoms with Crippen molar-refractivity contribution in [3.63, 3.8) is 0 Å². The second-order valence-electron chi connectivity index (χ2n) is 12.5. The van der Waals surface area contributed by atoms with Gasteiger partial charge in [0.15, 0.2) is 0 Å². The molecule has 1 aromatic carbocycles. The molecular formula is C32H36F7N5O4Si. The number of nitrogens with zero attached hydrogens (tertiary/aromatic N) is 4. The zero-order chi connectivity index (χ0) is 38.6. The van der Waals surface area contributed by atoms with Crippen LogP contribution in [0.3, 0.4) is 0 Å². The van der Waals surface area contributed by atoms with Crippen LogP contribution in [-0.4, -0.2) is 53.7 Å². The Balaban J connectivity index is 1.53. The lowest BCUT2D eigenvalue weighted by Gasteiger charge is -2.22. The van der Waals surface area contributed by atoms with E-state index in [-0.39, 0.29) is 48.0 Å². The van der Waals surface area contributed by atoms with E-state index in [1.807, 2.05) is 0 Å². The van der Waals surface area contributed by atoms with Gasteiger partial charge in [-0.15, -0.1) is 0 Å². The molecule has 1 atom stereocenters. The van der Waals surface area contributed by atoms with Gasteiger partial charge in [-0.3, -0.25) is 14.6 Å². The molecule has 49 heavy (non-hydrogen) atoms. The number of hydrogen-bond donors (Lipinski definition) is 1.